The molecule has 20 heavy (non-hydrogen) atoms. The fourth-order valence-corrected chi connectivity index (χ4v) is 2.13. The molecule has 1 aromatic rings. The van der Waals surface area contributed by atoms with Gasteiger partial charge < -0.3 is 20.7 Å². The second-order valence-corrected chi connectivity index (χ2v) is 4.77. The molecule has 1 heterocycles. The summed E-state index contributed by atoms with van der Waals surface area (Å²) < 4.78 is 0. The molecular formula is C13H18N4O3. The molecule has 2 atom stereocenters. The van der Waals surface area contributed by atoms with Crippen LogP contribution in [0.25, 0.3) is 0 Å². The molecule has 0 saturated heterocycles. The van der Waals surface area contributed by atoms with Gasteiger partial charge in [0.25, 0.3) is 0 Å². The maximum Gasteiger partial charge on any atom is 0.326 e. The zero-order chi connectivity index (χ0) is 14.4. The number of hydrogen-bond donors (Lipinski definition) is 4. The first-order valence-electron chi connectivity index (χ1n) is 6.57. The molecule has 7 heteroatoms. The number of H-pyrrole nitrogens is 1. The van der Waals surface area contributed by atoms with Gasteiger partial charge in [-0.25, -0.2) is 14.6 Å². The second-order valence-electron chi connectivity index (χ2n) is 4.77. The number of nitrogens with zero attached hydrogens (tertiary/aromatic N) is 1. The number of hydrogen-bond acceptors (Lipinski definition) is 3. The van der Waals surface area contributed by atoms with E-state index in [1.165, 1.54) is 6.33 Å². The molecule has 1 aliphatic rings. The van der Waals surface area contributed by atoms with Crippen LogP contribution in [0.5, 0.6) is 0 Å². The van der Waals surface area contributed by atoms with Gasteiger partial charge in [-0.05, 0) is 19.3 Å². The summed E-state index contributed by atoms with van der Waals surface area (Å²) in [7, 11) is 0. The Balaban J connectivity index is 1.85. The monoisotopic (exact) mass is 278 g/mol. The minimum atomic E-state index is -1.07. The van der Waals surface area contributed by atoms with Crippen LogP contribution in [0, 0.1) is 0 Å². The summed E-state index contributed by atoms with van der Waals surface area (Å²) in [4.78, 5) is 29.6. The number of urea groups is 1. The summed E-state index contributed by atoms with van der Waals surface area (Å²) in [6, 6.07) is -1.35. The number of allylic oxidation sites excluding steroid dienone is 1. The zero-order valence-corrected chi connectivity index (χ0v) is 11.0. The number of carbonyl (C=O) groups excluding carboxylic acids is 1. The molecule has 0 aliphatic heterocycles. The first-order chi connectivity index (χ1) is 9.65. The van der Waals surface area contributed by atoms with E-state index in [9.17, 15) is 9.59 Å². The van der Waals surface area contributed by atoms with E-state index in [2.05, 4.69) is 26.7 Å². The molecule has 0 aromatic carbocycles. The molecule has 1 aliphatic carbocycles. The van der Waals surface area contributed by atoms with Crippen LogP contribution in [0.4, 0.5) is 4.79 Å². The molecule has 1 aromatic heterocycles. The van der Waals surface area contributed by atoms with Crippen LogP contribution in [0.15, 0.2) is 24.7 Å². The maximum atomic E-state index is 11.8. The second kappa shape index (κ2) is 6.74. The predicted molar refractivity (Wildman–Crippen MR) is 72.2 cm³/mol. The van der Waals surface area contributed by atoms with E-state index in [1.54, 1.807) is 6.20 Å². The first kappa shape index (κ1) is 14.1. The Morgan fingerprint density at radius 3 is 2.95 bits per heavy atom. The van der Waals surface area contributed by atoms with Gasteiger partial charge >= 0.3 is 12.0 Å². The Bertz CT molecular complexity index is 484. The minimum Gasteiger partial charge on any atom is -0.480 e. The number of amides is 2. The van der Waals surface area contributed by atoms with E-state index < -0.39 is 18.0 Å². The molecular weight excluding hydrogens is 260 g/mol. The van der Waals surface area contributed by atoms with Crippen LogP contribution >= 0.6 is 0 Å². The van der Waals surface area contributed by atoms with Crippen LogP contribution < -0.4 is 10.6 Å². The van der Waals surface area contributed by atoms with Gasteiger partial charge in [-0.1, -0.05) is 12.2 Å². The highest BCUT2D eigenvalue weighted by Gasteiger charge is 2.22. The highest BCUT2D eigenvalue weighted by Crippen LogP contribution is 2.10. The van der Waals surface area contributed by atoms with Crippen molar-refractivity contribution in [2.75, 3.05) is 0 Å². The Hall–Kier alpha value is -2.31. The summed E-state index contributed by atoms with van der Waals surface area (Å²) in [6.07, 6.45) is 9.88. The number of carbonyl (C=O) groups is 2. The standard InChI is InChI=1S/C13H18N4O3/c18-12(19)11(6-10-7-14-8-15-10)17-13(20)16-9-4-2-1-3-5-9/h1-2,7-9,11H,3-6H2,(H,14,15)(H,18,19)(H2,16,17,20)/t9?,11-/m0/s1. The third kappa shape index (κ3) is 4.11. The fraction of sp³-hybridized carbons (Fsp3) is 0.462. The number of imidazole rings is 1. The van der Waals surface area contributed by atoms with Gasteiger partial charge in [0.15, 0.2) is 0 Å². The Morgan fingerprint density at radius 2 is 2.35 bits per heavy atom. The Kier molecular flexibility index (Phi) is 4.75. The smallest absolute Gasteiger partial charge is 0.326 e. The summed E-state index contributed by atoms with van der Waals surface area (Å²) in [6.45, 7) is 0. The van der Waals surface area contributed by atoms with E-state index in [0.717, 1.165) is 19.3 Å². The van der Waals surface area contributed by atoms with Crippen LogP contribution in [0.1, 0.15) is 25.0 Å². The van der Waals surface area contributed by atoms with Crippen molar-refractivity contribution in [2.45, 2.75) is 37.8 Å². The van der Waals surface area contributed by atoms with Crippen molar-refractivity contribution < 1.29 is 14.7 Å². The molecule has 4 N–H and O–H groups in total. The predicted octanol–water partition coefficient (Wildman–Crippen LogP) is 0.813. The summed E-state index contributed by atoms with van der Waals surface area (Å²) in [5.74, 6) is -1.07. The van der Waals surface area contributed by atoms with Crippen molar-refractivity contribution in [3.63, 3.8) is 0 Å². The number of aromatic nitrogens is 2. The van der Waals surface area contributed by atoms with Gasteiger partial charge in [0.05, 0.1) is 6.33 Å². The minimum absolute atomic E-state index is 0.0709. The van der Waals surface area contributed by atoms with Gasteiger partial charge in [-0.15, -0.1) is 0 Å². The molecule has 2 amide bonds. The summed E-state index contributed by atoms with van der Waals surface area (Å²) in [5.41, 5.74) is 0.665. The van der Waals surface area contributed by atoms with E-state index >= 15 is 0 Å². The third-order valence-corrected chi connectivity index (χ3v) is 3.19. The summed E-state index contributed by atoms with van der Waals surface area (Å²) >= 11 is 0. The SMILES string of the molecule is O=C(NC1CC=CCC1)N[C@@H](Cc1cnc[nH]1)C(=O)O. The average molecular weight is 278 g/mol. The Labute approximate surface area is 116 Å². The molecule has 0 bridgehead atoms. The largest absolute Gasteiger partial charge is 0.480 e. The molecule has 108 valence electrons. The molecule has 7 nitrogen and oxygen atoms in total. The highest BCUT2D eigenvalue weighted by atomic mass is 16.4. The number of nitrogens with one attached hydrogen (secondary N) is 3. The zero-order valence-electron chi connectivity index (χ0n) is 11.0. The molecule has 0 fully saturated rings. The average Bonchev–Trinajstić information content (AvgIpc) is 2.92. The van der Waals surface area contributed by atoms with Crippen molar-refractivity contribution in [1.29, 1.82) is 0 Å². The lowest BCUT2D eigenvalue weighted by Crippen LogP contribution is -2.50. The number of carboxylic acid groups (broad SMARTS) is 1. The van der Waals surface area contributed by atoms with Crippen molar-refractivity contribution >= 4 is 12.0 Å². The van der Waals surface area contributed by atoms with E-state index in [0.29, 0.717) is 5.69 Å². The van der Waals surface area contributed by atoms with E-state index in [4.69, 9.17) is 5.11 Å². The topological polar surface area (TPSA) is 107 Å². The van der Waals surface area contributed by atoms with Gasteiger partial charge in [-0.3, -0.25) is 0 Å². The molecule has 2 rings (SSSR count). The van der Waals surface area contributed by atoms with Crippen molar-refractivity contribution in [3.05, 3.63) is 30.4 Å². The molecule has 0 spiro atoms. The lowest BCUT2D eigenvalue weighted by Gasteiger charge is -2.21. The number of carboxylic acids is 1. The maximum absolute atomic E-state index is 11.8. The van der Waals surface area contributed by atoms with E-state index in [1.807, 2.05) is 6.08 Å². The normalized spacial score (nSPS) is 19.3. The number of aromatic amines is 1. The first-order valence-corrected chi connectivity index (χ1v) is 6.57. The summed E-state index contributed by atoms with van der Waals surface area (Å²) in [5, 5.41) is 14.4. The van der Waals surface area contributed by atoms with Gasteiger partial charge in [-0.2, -0.15) is 0 Å². The molecule has 1 unspecified atom stereocenters. The number of rotatable bonds is 5. The van der Waals surface area contributed by atoms with Crippen LogP contribution in [0.3, 0.4) is 0 Å². The third-order valence-electron chi connectivity index (χ3n) is 3.19. The Morgan fingerprint density at radius 1 is 1.50 bits per heavy atom. The highest BCUT2D eigenvalue weighted by molar-refractivity contribution is 5.82. The van der Waals surface area contributed by atoms with Gasteiger partial charge in [0, 0.05) is 24.4 Å². The molecule has 0 radical (unpaired) electrons. The fourth-order valence-electron chi connectivity index (χ4n) is 2.13. The lowest BCUT2D eigenvalue weighted by atomic mass is 10.0. The number of aliphatic carboxylic acids is 1. The van der Waals surface area contributed by atoms with Gasteiger partial charge in [0.2, 0.25) is 0 Å². The van der Waals surface area contributed by atoms with Crippen LogP contribution in [-0.2, 0) is 11.2 Å². The molecule has 0 saturated carbocycles. The van der Waals surface area contributed by atoms with Crippen molar-refractivity contribution in [1.82, 2.24) is 20.6 Å². The van der Waals surface area contributed by atoms with Gasteiger partial charge in [0.1, 0.15) is 6.04 Å². The van der Waals surface area contributed by atoms with Crippen LogP contribution in [0.2, 0.25) is 0 Å². The van der Waals surface area contributed by atoms with Crippen molar-refractivity contribution in [3.8, 4) is 0 Å². The van der Waals surface area contributed by atoms with Crippen LogP contribution in [-0.4, -0.2) is 39.2 Å². The quantitative estimate of drug-likeness (QED) is 0.598. The van der Waals surface area contributed by atoms with Crippen molar-refractivity contribution in [2.24, 2.45) is 0 Å². The lowest BCUT2D eigenvalue weighted by molar-refractivity contribution is -0.139. The van der Waals surface area contributed by atoms with E-state index in [-0.39, 0.29) is 12.5 Å².